The van der Waals surface area contributed by atoms with Gasteiger partial charge in [-0.2, -0.15) is 5.26 Å². The number of rotatable bonds is 10. The molecule has 0 fully saturated rings. The van der Waals surface area contributed by atoms with Crippen LogP contribution in [0.1, 0.15) is 35.6 Å². The Morgan fingerprint density at radius 2 is 1.89 bits per heavy atom. The zero-order valence-corrected chi connectivity index (χ0v) is 21.1. The summed E-state index contributed by atoms with van der Waals surface area (Å²) in [6.07, 6.45) is 1.40. The van der Waals surface area contributed by atoms with Gasteiger partial charge in [-0.1, -0.05) is 18.2 Å². The molecule has 0 bridgehead atoms. The predicted molar refractivity (Wildman–Crippen MR) is 139 cm³/mol. The maximum absolute atomic E-state index is 12.2. The topological polar surface area (TPSA) is 97.9 Å². The second-order valence-corrected chi connectivity index (χ2v) is 8.37. The van der Waals surface area contributed by atoms with E-state index in [1.54, 1.807) is 21.1 Å². The Labute approximate surface area is 210 Å². The SMILES string of the molecule is CCOC(=O)CCc1c(C)c(C#N)c2nc3ccccc3n2c1NCCc1ccc(OC)c(OC)c1. The number of hydrogen-bond donors (Lipinski definition) is 1. The Morgan fingerprint density at radius 1 is 1.11 bits per heavy atom. The summed E-state index contributed by atoms with van der Waals surface area (Å²) in [6.45, 7) is 4.66. The lowest BCUT2D eigenvalue weighted by Crippen LogP contribution is -2.15. The van der Waals surface area contributed by atoms with E-state index < -0.39 is 0 Å². The Kier molecular flexibility index (Phi) is 7.59. The number of anilines is 1. The van der Waals surface area contributed by atoms with Gasteiger partial charge in [0.25, 0.3) is 0 Å². The zero-order valence-electron chi connectivity index (χ0n) is 21.1. The second-order valence-electron chi connectivity index (χ2n) is 8.37. The van der Waals surface area contributed by atoms with Crippen LogP contribution in [0.25, 0.3) is 16.7 Å². The Hall–Kier alpha value is -4.25. The number of nitrogens with one attached hydrogen (secondary N) is 1. The maximum Gasteiger partial charge on any atom is 0.306 e. The van der Waals surface area contributed by atoms with E-state index in [4.69, 9.17) is 19.2 Å². The molecule has 8 nitrogen and oxygen atoms in total. The Morgan fingerprint density at radius 3 is 2.61 bits per heavy atom. The molecule has 0 spiro atoms. The van der Waals surface area contributed by atoms with Crippen molar-refractivity contribution in [2.24, 2.45) is 0 Å². The van der Waals surface area contributed by atoms with Gasteiger partial charge < -0.3 is 19.5 Å². The molecule has 0 amide bonds. The van der Waals surface area contributed by atoms with Crippen molar-refractivity contribution in [3.8, 4) is 17.6 Å². The summed E-state index contributed by atoms with van der Waals surface area (Å²) < 4.78 is 17.9. The van der Waals surface area contributed by atoms with Gasteiger partial charge >= 0.3 is 5.97 Å². The third-order valence-corrected chi connectivity index (χ3v) is 6.27. The second kappa shape index (κ2) is 11.0. The molecular weight excluding hydrogens is 456 g/mol. The summed E-state index contributed by atoms with van der Waals surface area (Å²) in [4.78, 5) is 16.9. The fourth-order valence-corrected chi connectivity index (χ4v) is 4.50. The van der Waals surface area contributed by atoms with Crippen LogP contribution in [0.4, 0.5) is 5.82 Å². The number of fused-ring (bicyclic) bond motifs is 3. The molecule has 0 unspecified atom stereocenters. The fraction of sp³-hybridized carbons (Fsp3) is 0.321. The molecule has 0 aliphatic carbocycles. The first-order chi connectivity index (χ1) is 17.5. The number of aromatic nitrogens is 2. The third-order valence-electron chi connectivity index (χ3n) is 6.27. The van der Waals surface area contributed by atoms with Crippen LogP contribution in [0, 0.1) is 18.3 Å². The van der Waals surface area contributed by atoms with E-state index in [0.717, 1.165) is 40.0 Å². The molecule has 186 valence electrons. The highest BCUT2D eigenvalue weighted by Gasteiger charge is 2.21. The number of imidazole rings is 1. The standard InChI is InChI=1S/C28H30N4O4/c1-5-36-26(33)13-11-20-18(2)21(17-29)28-31-22-8-6-7-9-23(22)32(28)27(20)30-15-14-19-10-12-24(34-3)25(16-19)35-4/h6-10,12,16,30H,5,11,13-15H2,1-4H3. The molecule has 4 aromatic rings. The minimum Gasteiger partial charge on any atom is -0.493 e. The summed E-state index contributed by atoms with van der Waals surface area (Å²) >= 11 is 0. The van der Waals surface area contributed by atoms with E-state index in [-0.39, 0.29) is 12.4 Å². The summed E-state index contributed by atoms with van der Waals surface area (Å²) in [5, 5.41) is 13.6. The first-order valence-corrected chi connectivity index (χ1v) is 12.0. The predicted octanol–water partition coefficient (Wildman–Crippen LogP) is 4.84. The molecule has 36 heavy (non-hydrogen) atoms. The van der Waals surface area contributed by atoms with Crippen LogP contribution in [0.5, 0.6) is 11.5 Å². The quantitative estimate of drug-likeness (QED) is 0.321. The largest absolute Gasteiger partial charge is 0.493 e. The van der Waals surface area contributed by atoms with E-state index >= 15 is 0 Å². The number of carbonyl (C=O) groups is 1. The van der Waals surface area contributed by atoms with E-state index in [1.807, 2.05) is 53.8 Å². The molecule has 0 saturated carbocycles. The van der Waals surface area contributed by atoms with Gasteiger partial charge in [-0.05, 0) is 67.6 Å². The Balaban J connectivity index is 1.75. The first kappa shape index (κ1) is 24.9. The normalized spacial score (nSPS) is 10.9. The highest BCUT2D eigenvalue weighted by atomic mass is 16.5. The van der Waals surface area contributed by atoms with Crippen LogP contribution in [0.3, 0.4) is 0 Å². The number of pyridine rings is 1. The molecule has 0 aliphatic rings. The molecule has 4 rings (SSSR count). The molecule has 0 atom stereocenters. The highest BCUT2D eigenvalue weighted by molar-refractivity contribution is 5.86. The van der Waals surface area contributed by atoms with Crippen molar-refractivity contribution in [3.05, 3.63) is 64.7 Å². The average Bonchev–Trinajstić information content (AvgIpc) is 3.27. The lowest BCUT2D eigenvalue weighted by molar-refractivity contribution is -0.143. The Bertz CT molecular complexity index is 1450. The number of ether oxygens (including phenoxy) is 3. The number of nitrogens with zero attached hydrogens (tertiary/aromatic N) is 3. The summed E-state index contributed by atoms with van der Waals surface area (Å²) in [7, 11) is 3.24. The molecule has 0 radical (unpaired) electrons. The maximum atomic E-state index is 12.2. The first-order valence-electron chi connectivity index (χ1n) is 12.0. The van der Waals surface area contributed by atoms with Gasteiger partial charge in [0.15, 0.2) is 17.1 Å². The van der Waals surface area contributed by atoms with Gasteiger partial charge in [0.1, 0.15) is 11.9 Å². The van der Waals surface area contributed by atoms with Gasteiger partial charge in [0.2, 0.25) is 0 Å². The third kappa shape index (κ3) is 4.78. The molecule has 0 aliphatic heterocycles. The van der Waals surface area contributed by atoms with Crippen LogP contribution < -0.4 is 14.8 Å². The van der Waals surface area contributed by atoms with E-state index in [0.29, 0.717) is 42.3 Å². The van der Waals surface area contributed by atoms with Crippen LogP contribution in [0.15, 0.2) is 42.5 Å². The monoisotopic (exact) mass is 486 g/mol. The van der Waals surface area contributed by atoms with Gasteiger partial charge in [-0.3, -0.25) is 9.20 Å². The van der Waals surface area contributed by atoms with Crippen molar-refractivity contribution in [3.63, 3.8) is 0 Å². The molecule has 2 heterocycles. The number of para-hydroxylation sites is 2. The molecule has 1 N–H and O–H groups in total. The number of carbonyl (C=O) groups excluding carboxylic acids is 1. The molecule has 8 heteroatoms. The minimum atomic E-state index is -0.262. The van der Waals surface area contributed by atoms with E-state index in [2.05, 4.69) is 11.4 Å². The average molecular weight is 487 g/mol. The number of benzene rings is 2. The van der Waals surface area contributed by atoms with Crippen molar-refractivity contribution in [1.82, 2.24) is 9.38 Å². The van der Waals surface area contributed by atoms with Gasteiger partial charge in [0, 0.05) is 13.0 Å². The van der Waals surface area contributed by atoms with Crippen LogP contribution in [-0.2, 0) is 22.4 Å². The van der Waals surface area contributed by atoms with Crippen LogP contribution >= 0.6 is 0 Å². The van der Waals surface area contributed by atoms with Gasteiger partial charge in [0.05, 0.1) is 37.4 Å². The summed E-state index contributed by atoms with van der Waals surface area (Å²) in [6, 6.07) is 16.0. The number of nitriles is 1. The smallest absolute Gasteiger partial charge is 0.306 e. The summed E-state index contributed by atoms with van der Waals surface area (Å²) in [5.41, 5.74) is 5.63. The van der Waals surface area contributed by atoms with E-state index in [9.17, 15) is 10.1 Å². The number of esters is 1. The van der Waals surface area contributed by atoms with Crippen molar-refractivity contribution >= 4 is 28.5 Å². The molecule has 2 aromatic heterocycles. The lowest BCUT2D eigenvalue weighted by atomic mass is 10.00. The van der Waals surface area contributed by atoms with Gasteiger partial charge in [-0.25, -0.2) is 4.98 Å². The number of methoxy groups -OCH3 is 2. The zero-order chi connectivity index (χ0) is 25.7. The van der Waals surface area contributed by atoms with E-state index in [1.165, 1.54) is 0 Å². The lowest BCUT2D eigenvalue weighted by Gasteiger charge is -2.19. The number of hydrogen-bond acceptors (Lipinski definition) is 7. The van der Waals surface area contributed by atoms with Crippen molar-refractivity contribution in [2.45, 2.75) is 33.1 Å². The highest BCUT2D eigenvalue weighted by Crippen LogP contribution is 2.32. The minimum absolute atomic E-state index is 0.224. The molecular formula is C28H30N4O4. The van der Waals surface area contributed by atoms with Crippen molar-refractivity contribution < 1.29 is 19.0 Å². The van der Waals surface area contributed by atoms with Crippen molar-refractivity contribution in [2.75, 3.05) is 32.7 Å². The molecule has 0 saturated heterocycles. The van der Waals surface area contributed by atoms with Crippen LogP contribution in [0.2, 0.25) is 0 Å². The van der Waals surface area contributed by atoms with Crippen molar-refractivity contribution in [1.29, 1.82) is 5.26 Å². The van der Waals surface area contributed by atoms with Crippen LogP contribution in [-0.4, -0.2) is 42.7 Å². The summed E-state index contributed by atoms with van der Waals surface area (Å²) in [5.74, 6) is 1.94. The molecule has 2 aromatic carbocycles. The fourth-order valence-electron chi connectivity index (χ4n) is 4.50. The van der Waals surface area contributed by atoms with Gasteiger partial charge in [-0.15, -0.1) is 0 Å².